The molecule has 6 rings (SSSR count). The van der Waals surface area contributed by atoms with Gasteiger partial charge >= 0.3 is 0 Å². The van der Waals surface area contributed by atoms with Gasteiger partial charge in [0.2, 0.25) is 5.91 Å². The molecule has 2 aliphatic rings. The molecule has 2 aromatic heterocycles. The molecule has 1 saturated heterocycles. The molecule has 11 heteroatoms. The highest BCUT2D eigenvalue weighted by Crippen LogP contribution is 2.44. The molecule has 1 saturated carbocycles. The number of nitrogens with one attached hydrogen (secondary N) is 2. The van der Waals surface area contributed by atoms with Crippen molar-refractivity contribution >= 4 is 60.8 Å². The zero-order valence-electron chi connectivity index (χ0n) is 17.9. The molecular weight excluding hydrogens is 482 g/mol. The summed E-state index contributed by atoms with van der Waals surface area (Å²) < 4.78 is 29.7. The van der Waals surface area contributed by atoms with Crippen LogP contribution >= 0.6 is 22.9 Å². The van der Waals surface area contributed by atoms with Gasteiger partial charge in [0.15, 0.2) is 10.9 Å². The highest BCUT2D eigenvalue weighted by Gasteiger charge is 2.43. The standard InChI is InChI=1S/C23H21ClF2N6OS/c24-18-17(13-8-28-31-20(13)21(19(18)26)32-5-1-2-11(27)9-32)10-3-4-15-16(6-10)34-23(29-15)30-22(33)12-7-14(12)25/h3-4,6,8,11-12,14H,1-2,5,7,9,27H2,(H,28,31)(H,29,30,33)/t11?,12-,14+/m1/s1. The molecule has 176 valence electrons. The van der Waals surface area contributed by atoms with Crippen LogP contribution in [-0.4, -0.2) is 46.4 Å². The predicted octanol–water partition coefficient (Wildman–Crippen LogP) is 4.86. The molecule has 34 heavy (non-hydrogen) atoms. The van der Waals surface area contributed by atoms with Gasteiger partial charge in [-0.1, -0.05) is 29.0 Å². The second kappa shape index (κ2) is 8.14. The number of halogens is 3. The number of fused-ring (bicyclic) bond motifs is 2. The van der Waals surface area contributed by atoms with Crippen LogP contribution in [0.2, 0.25) is 5.02 Å². The van der Waals surface area contributed by atoms with Crippen molar-refractivity contribution in [3.05, 3.63) is 35.2 Å². The monoisotopic (exact) mass is 502 g/mol. The number of amides is 1. The van der Waals surface area contributed by atoms with Crippen molar-refractivity contribution < 1.29 is 13.6 Å². The van der Waals surface area contributed by atoms with Crippen LogP contribution in [0, 0.1) is 11.7 Å². The van der Waals surface area contributed by atoms with Crippen LogP contribution in [0.1, 0.15) is 19.3 Å². The molecule has 2 fully saturated rings. The van der Waals surface area contributed by atoms with E-state index in [9.17, 15) is 9.18 Å². The van der Waals surface area contributed by atoms with Gasteiger partial charge < -0.3 is 16.0 Å². The third kappa shape index (κ3) is 3.60. The fourth-order valence-corrected chi connectivity index (χ4v) is 5.87. The summed E-state index contributed by atoms with van der Waals surface area (Å²) >= 11 is 7.90. The van der Waals surface area contributed by atoms with Crippen molar-refractivity contribution in [3.8, 4) is 11.1 Å². The van der Waals surface area contributed by atoms with Crippen LogP contribution in [0.15, 0.2) is 24.4 Å². The third-order valence-electron chi connectivity index (χ3n) is 6.50. The van der Waals surface area contributed by atoms with E-state index in [2.05, 4.69) is 20.5 Å². The first-order valence-electron chi connectivity index (χ1n) is 11.1. The maximum absolute atomic E-state index is 15.7. The molecule has 0 spiro atoms. The number of aromatic amines is 1. The summed E-state index contributed by atoms with van der Waals surface area (Å²) in [6.07, 6.45) is 2.62. The van der Waals surface area contributed by atoms with Gasteiger partial charge in [-0.2, -0.15) is 5.10 Å². The molecule has 1 unspecified atom stereocenters. The zero-order valence-corrected chi connectivity index (χ0v) is 19.5. The topological polar surface area (TPSA) is 99.9 Å². The van der Waals surface area contributed by atoms with Gasteiger partial charge in [0.1, 0.15) is 11.9 Å². The smallest absolute Gasteiger partial charge is 0.232 e. The van der Waals surface area contributed by atoms with Gasteiger partial charge in [0, 0.05) is 30.1 Å². The fourth-order valence-electron chi connectivity index (χ4n) is 4.66. The van der Waals surface area contributed by atoms with Crippen molar-refractivity contribution in [1.29, 1.82) is 0 Å². The van der Waals surface area contributed by atoms with Gasteiger partial charge in [-0.3, -0.25) is 9.89 Å². The van der Waals surface area contributed by atoms with Gasteiger partial charge in [0.05, 0.1) is 32.9 Å². The number of nitrogens with zero attached hydrogens (tertiary/aromatic N) is 3. The average Bonchev–Trinajstić information content (AvgIpc) is 3.17. The number of piperidine rings is 1. The summed E-state index contributed by atoms with van der Waals surface area (Å²) in [5, 5.41) is 10.9. The Morgan fingerprint density at radius 2 is 2.21 bits per heavy atom. The molecule has 3 heterocycles. The Balaban J connectivity index is 1.41. The molecule has 1 aliphatic heterocycles. The highest BCUT2D eigenvalue weighted by atomic mass is 35.5. The lowest BCUT2D eigenvalue weighted by atomic mass is 9.98. The third-order valence-corrected chi connectivity index (χ3v) is 7.78. The van der Waals surface area contributed by atoms with Gasteiger partial charge in [-0.15, -0.1) is 0 Å². The maximum atomic E-state index is 15.7. The quantitative estimate of drug-likeness (QED) is 0.370. The van der Waals surface area contributed by atoms with E-state index < -0.39 is 17.9 Å². The van der Waals surface area contributed by atoms with Gasteiger partial charge in [-0.25, -0.2) is 13.8 Å². The molecule has 0 radical (unpaired) electrons. The van der Waals surface area contributed by atoms with Crippen molar-refractivity contribution in [2.75, 3.05) is 23.3 Å². The number of alkyl halides is 1. The number of nitrogens with two attached hydrogens (primary N) is 1. The minimum absolute atomic E-state index is 0.0168. The summed E-state index contributed by atoms with van der Waals surface area (Å²) in [7, 11) is 0. The lowest BCUT2D eigenvalue weighted by Crippen LogP contribution is -2.43. The average molecular weight is 503 g/mol. The Morgan fingerprint density at radius 1 is 1.38 bits per heavy atom. The summed E-state index contributed by atoms with van der Waals surface area (Å²) in [4.78, 5) is 18.4. The first-order valence-corrected chi connectivity index (χ1v) is 12.3. The minimum Gasteiger partial charge on any atom is -0.366 e. The number of hydrogen-bond acceptors (Lipinski definition) is 6. The molecule has 7 nitrogen and oxygen atoms in total. The zero-order chi connectivity index (χ0) is 23.6. The molecule has 1 amide bonds. The normalized spacial score (nSPS) is 22.5. The van der Waals surface area contributed by atoms with E-state index >= 15 is 4.39 Å². The summed E-state index contributed by atoms with van der Waals surface area (Å²) in [5.74, 6) is -1.46. The SMILES string of the molecule is NC1CCCN(c2c(F)c(Cl)c(-c3ccc4nc(NC(=O)[C@@H]5C[C@@H]5F)sc4c3)c3cn[nH]c23)C1. The number of carbonyl (C=O) groups excluding carboxylic acids is 1. The first-order chi connectivity index (χ1) is 16.4. The number of H-pyrrole nitrogens is 1. The number of anilines is 2. The molecule has 0 bridgehead atoms. The van der Waals surface area contributed by atoms with E-state index in [0.29, 0.717) is 51.5 Å². The van der Waals surface area contributed by atoms with Crippen LogP contribution < -0.4 is 16.0 Å². The Labute approximate surface area is 202 Å². The predicted molar refractivity (Wildman–Crippen MR) is 131 cm³/mol. The second-order valence-electron chi connectivity index (χ2n) is 8.91. The summed E-state index contributed by atoms with van der Waals surface area (Å²) in [6, 6.07) is 5.45. The lowest BCUT2D eigenvalue weighted by molar-refractivity contribution is -0.117. The molecule has 1 aliphatic carbocycles. The van der Waals surface area contributed by atoms with E-state index in [1.807, 2.05) is 17.0 Å². The Morgan fingerprint density at radius 3 is 2.97 bits per heavy atom. The van der Waals surface area contributed by atoms with E-state index in [1.54, 1.807) is 12.3 Å². The van der Waals surface area contributed by atoms with Crippen molar-refractivity contribution in [1.82, 2.24) is 15.2 Å². The van der Waals surface area contributed by atoms with Crippen LogP contribution in [0.25, 0.3) is 32.2 Å². The molecule has 2 aromatic carbocycles. The summed E-state index contributed by atoms with van der Waals surface area (Å²) in [5.41, 5.74) is 9.02. The van der Waals surface area contributed by atoms with Gasteiger partial charge in [0.25, 0.3) is 0 Å². The van der Waals surface area contributed by atoms with Crippen LogP contribution in [0.5, 0.6) is 0 Å². The summed E-state index contributed by atoms with van der Waals surface area (Å²) in [6.45, 7) is 1.24. The number of thiazole rings is 1. The van der Waals surface area contributed by atoms with Crippen molar-refractivity contribution in [3.63, 3.8) is 0 Å². The maximum Gasteiger partial charge on any atom is 0.232 e. The number of carbonyl (C=O) groups is 1. The van der Waals surface area contributed by atoms with Crippen LogP contribution in [0.4, 0.5) is 19.6 Å². The van der Waals surface area contributed by atoms with E-state index in [0.717, 1.165) is 17.5 Å². The van der Waals surface area contributed by atoms with E-state index in [4.69, 9.17) is 17.3 Å². The number of rotatable bonds is 4. The first kappa shape index (κ1) is 21.7. The largest absolute Gasteiger partial charge is 0.366 e. The Kier molecular flexibility index (Phi) is 5.20. The lowest BCUT2D eigenvalue weighted by Gasteiger charge is -2.33. The second-order valence-corrected chi connectivity index (χ2v) is 10.3. The molecule has 3 atom stereocenters. The molecule has 4 aromatic rings. The Bertz CT molecular complexity index is 1440. The molecular formula is C23H21ClF2N6OS. The number of benzene rings is 2. The minimum atomic E-state index is -1.07. The highest BCUT2D eigenvalue weighted by molar-refractivity contribution is 7.22. The number of aromatic nitrogens is 3. The Hall–Kier alpha value is -2.82. The van der Waals surface area contributed by atoms with Crippen LogP contribution in [0.3, 0.4) is 0 Å². The number of hydrogen-bond donors (Lipinski definition) is 3. The van der Waals surface area contributed by atoms with Crippen molar-refractivity contribution in [2.24, 2.45) is 11.7 Å². The van der Waals surface area contributed by atoms with Gasteiger partial charge in [-0.05, 0) is 37.0 Å². The fraction of sp³-hybridized carbons (Fsp3) is 0.348. The van der Waals surface area contributed by atoms with E-state index in [1.165, 1.54) is 11.3 Å². The molecule has 4 N–H and O–H groups in total. The van der Waals surface area contributed by atoms with E-state index in [-0.39, 0.29) is 23.4 Å². The van der Waals surface area contributed by atoms with Crippen LogP contribution in [-0.2, 0) is 4.79 Å². The van der Waals surface area contributed by atoms with Crippen molar-refractivity contribution in [2.45, 2.75) is 31.5 Å².